The Kier molecular flexibility index (Phi) is 3.30. The normalized spacial score (nSPS) is 10.2. The van der Waals surface area contributed by atoms with Crippen molar-refractivity contribution in [3.8, 4) is 6.07 Å². The first-order valence-corrected chi connectivity index (χ1v) is 6.43. The van der Waals surface area contributed by atoms with Crippen molar-refractivity contribution in [3.63, 3.8) is 0 Å². The fourth-order valence-corrected chi connectivity index (χ4v) is 2.08. The molecule has 0 saturated heterocycles. The van der Waals surface area contributed by atoms with Crippen LogP contribution < -0.4 is 5.32 Å². The summed E-state index contributed by atoms with van der Waals surface area (Å²) in [5.74, 6) is 0. The predicted octanol–water partition coefficient (Wildman–Crippen LogP) is 3.72. The average Bonchev–Trinajstić information content (AvgIpc) is 2.53. The number of rotatable bonds is 3. The number of nitrogens with one attached hydrogen (secondary N) is 1. The van der Waals surface area contributed by atoms with Gasteiger partial charge in [0.25, 0.3) is 0 Å². The molecule has 0 atom stereocenters. The van der Waals surface area contributed by atoms with Crippen molar-refractivity contribution in [1.82, 2.24) is 4.98 Å². The largest absolute Gasteiger partial charge is 0.381 e. The minimum atomic E-state index is 0.669. The van der Waals surface area contributed by atoms with Gasteiger partial charge in [-0.25, -0.2) is 0 Å². The van der Waals surface area contributed by atoms with Crippen LogP contribution in [-0.2, 0) is 6.54 Å². The molecule has 0 aliphatic carbocycles. The Morgan fingerprint density at radius 3 is 2.65 bits per heavy atom. The highest BCUT2D eigenvalue weighted by Crippen LogP contribution is 2.15. The fraction of sp³-hybridized carbons (Fsp3) is 0.0588. The molecule has 1 aromatic heterocycles. The van der Waals surface area contributed by atoms with E-state index in [4.69, 9.17) is 5.26 Å². The molecule has 0 amide bonds. The molecule has 3 rings (SSSR count). The molecule has 0 aliphatic heterocycles. The Bertz CT molecular complexity index is 770. The van der Waals surface area contributed by atoms with Crippen LogP contribution in [0.1, 0.15) is 11.1 Å². The summed E-state index contributed by atoms with van der Waals surface area (Å²) < 4.78 is 0. The SMILES string of the molecule is N#Cc1ccc(NCc2cnc3ccccc3c2)cc1. The van der Waals surface area contributed by atoms with Crippen molar-refractivity contribution >= 4 is 16.6 Å². The van der Waals surface area contributed by atoms with E-state index in [-0.39, 0.29) is 0 Å². The lowest BCUT2D eigenvalue weighted by molar-refractivity contribution is 1.13. The van der Waals surface area contributed by atoms with Gasteiger partial charge in [-0.15, -0.1) is 0 Å². The molecule has 0 unspecified atom stereocenters. The minimum Gasteiger partial charge on any atom is -0.381 e. The van der Waals surface area contributed by atoms with Gasteiger partial charge in [0.15, 0.2) is 0 Å². The lowest BCUT2D eigenvalue weighted by Crippen LogP contribution is -1.99. The Morgan fingerprint density at radius 1 is 1.05 bits per heavy atom. The van der Waals surface area contributed by atoms with Gasteiger partial charge in [0.05, 0.1) is 17.1 Å². The zero-order valence-corrected chi connectivity index (χ0v) is 10.9. The molecule has 0 aliphatic rings. The Labute approximate surface area is 117 Å². The Hall–Kier alpha value is -2.86. The predicted molar refractivity (Wildman–Crippen MR) is 80.2 cm³/mol. The molecule has 0 saturated carbocycles. The first-order chi connectivity index (χ1) is 9.85. The van der Waals surface area contributed by atoms with E-state index >= 15 is 0 Å². The van der Waals surface area contributed by atoms with Gasteiger partial charge >= 0.3 is 0 Å². The van der Waals surface area contributed by atoms with E-state index < -0.39 is 0 Å². The number of nitrogens with zero attached hydrogens (tertiary/aromatic N) is 2. The molecule has 0 fully saturated rings. The number of pyridine rings is 1. The Balaban J connectivity index is 1.74. The number of hydrogen-bond donors (Lipinski definition) is 1. The van der Waals surface area contributed by atoms with E-state index in [9.17, 15) is 0 Å². The van der Waals surface area contributed by atoms with Crippen molar-refractivity contribution < 1.29 is 0 Å². The Morgan fingerprint density at radius 2 is 1.85 bits per heavy atom. The number of fused-ring (bicyclic) bond motifs is 1. The number of anilines is 1. The molecular weight excluding hydrogens is 246 g/mol. The van der Waals surface area contributed by atoms with Crippen LogP contribution >= 0.6 is 0 Å². The van der Waals surface area contributed by atoms with Gasteiger partial charge < -0.3 is 5.32 Å². The molecule has 1 N–H and O–H groups in total. The van der Waals surface area contributed by atoms with Crippen LogP contribution in [0.2, 0.25) is 0 Å². The summed E-state index contributed by atoms with van der Waals surface area (Å²) in [6, 6.07) is 19.8. The highest BCUT2D eigenvalue weighted by Gasteiger charge is 1.98. The fourth-order valence-electron chi connectivity index (χ4n) is 2.08. The molecule has 20 heavy (non-hydrogen) atoms. The number of nitriles is 1. The lowest BCUT2D eigenvalue weighted by Gasteiger charge is -2.07. The van der Waals surface area contributed by atoms with Crippen molar-refractivity contribution in [2.45, 2.75) is 6.54 Å². The summed E-state index contributed by atoms with van der Waals surface area (Å²) in [6.07, 6.45) is 1.89. The number of benzene rings is 2. The highest BCUT2D eigenvalue weighted by atomic mass is 14.9. The molecule has 1 heterocycles. The van der Waals surface area contributed by atoms with Crippen molar-refractivity contribution in [2.75, 3.05) is 5.32 Å². The molecule has 3 aromatic rings. The monoisotopic (exact) mass is 259 g/mol. The molecule has 0 bridgehead atoms. The molecule has 3 nitrogen and oxygen atoms in total. The second-order valence-corrected chi connectivity index (χ2v) is 4.58. The maximum atomic E-state index is 8.76. The zero-order chi connectivity index (χ0) is 13.8. The summed E-state index contributed by atoms with van der Waals surface area (Å²) >= 11 is 0. The second kappa shape index (κ2) is 5.41. The van der Waals surface area contributed by atoms with E-state index in [0.29, 0.717) is 12.1 Å². The van der Waals surface area contributed by atoms with Crippen LogP contribution in [0.5, 0.6) is 0 Å². The average molecular weight is 259 g/mol. The van der Waals surface area contributed by atoms with Crippen LogP contribution in [0.15, 0.2) is 60.8 Å². The summed E-state index contributed by atoms with van der Waals surface area (Å²) in [6.45, 7) is 0.712. The van der Waals surface area contributed by atoms with Gasteiger partial charge in [0.1, 0.15) is 0 Å². The molecule has 3 heteroatoms. The summed E-state index contributed by atoms with van der Waals surface area (Å²) in [4.78, 5) is 4.44. The third-order valence-electron chi connectivity index (χ3n) is 3.16. The maximum absolute atomic E-state index is 8.76. The quantitative estimate of drug-likeness (QED) is 0.779. The number of aromatic nitrogens is 1. The summed E-state index contributed by atoms with van der Waals surface area (Å²) in [5.41, 5.74) is 3.81. The maximum Gasteiger partial charge on any atom is 0.0991 e. The summed E-state index contributed by atoms with van der Waals surface area (Å²) in [7, 11) is 0. The molecule has 96 valence electrons. The van der Waals surface area contributed by atoms with Crippen LogP contribution in [0, 0.1) is 11.3 Å². The van der Waals surface area contributed by atoms with Crippen molar-refractivity contribution in [3.05, 3.63) is 71.9 Å². The first-order valence-electron chi connectivity index (χ1n) is 6.43. The molecule has 0 spiro atoms. The molecule has 0 radical (unpaired) electrons. The van der Waals surface area contributed by atoms with E-state index in [1.54, 1.807) is 12.1 Å². The van der Waals surface area contributed by atoms with E-state index in [1.807, 2.05) is 36.5 Å². The first kappa shape index (κ1) is 12.2. The van der Waals surface area contributed by atoms with E-state index in [2.05, 4.69) is 28.5 Å². The third-order valence-corrected chi connectivity index (χ3v) is 3.16. The zero-order valence-electron chi connectivity index (χ0n) is 10.9. The van der Waals surface area contributed by atoms with Gasteiger partial charge in [-0.05, 0) is 42.0 Å². The van der Waals surface area contributed by atoms with Gasteiger partial charge in [0, 0.05) is 23.8 Å². The highest BCUT2D eigenvalue weighted by molar-refractivity contribution is 5.78. The van der Waals surface area contributed by atoms with Gasteiger partial charge in [0.2, 0.25) is 0 Å². The second-order valence-electron chi connectivity index (χ2n) is 4.58. The topological polar surface area (TPSA) is 48.7 Å². The molecule has 2 aromatic carbocycles. The number of hydrogen-bond acceptors (Lipinski definition) is 3. The van der Waals surface area contributed by atoms with Gasteiger partial charge in [-0.1, -0.05) is 18.2 Å². The number of para-hydroxylation sites is 1. The van der Waals surface area contributed by atoms with Gasteiger partial charge in [-0.3, -0.25) is 4.98 Å². The minimum absolute atomic E-state index is 0.669. The van der Waals surface area contributed by atoms with Crippen LogP contribution in [-0.4, -0.2) is 4.98 Å². The van der Waals surface area contributed by atoms with Crippen LogP contribution in [0.3, 0.4) is 0 Å². The van der Waals surface area contributed by atoms with Crippen LogP contribution in [0.25, 0.3) is 10.9 Å². The third kappa shape index (κ3) is 2.60. The van der Waals surface area contributed by atoms with Crippen LogP contribution in [0.4, 0.5) is 5.69 Å². The standard InChI is InChI=1S/C17H13N3/c18-10-13-5-7-16(8-6-13)19-11-14-9-15-3-1-2-4-17(15)20-12-14/h1-9,12,19H,11H2. The van der Waals surface area contributed by atoms with Gasteiger partial charge in [-0.2, -0.15) is 5.26 Å². The lowest BCUT2D eigenvalue weighted by atomic mass is 10.1. The molecular formula is C17H13N3. The smallest absolute Gasteiger partial charge is 0.0991 e. The van der Waals surface area contributed by atoms with E-state index in [0.717, 1.165) is 22.2 Å². The van der Waals surface area contributed by atoms with Crippen molar-refractivity contribution in [2.24, 2.45) is 0 Å². The van der Waals surface area contributed by atoms with E-state index in [1.165, 1.54) is 0 Å². The summed E-state index contributed by atoms with van der Waals surface area (Å²) in [5, 5.41) is 13.2. The van der Waals surface area contributed by atoms with Crippen molar-refractivity contribution in [1.29, 1.82) is 5.26 Å².